The van der Waals surface area contributed by atoms with Crippen LogP contribution in [-0.2, 0) is 6.42 Å². The summed E-state index contributed by atoms with van der Waals surface area (Å²) in [6.45, 7) is 3.94. The lowest BCUT2D eigenvalue weighted by atomic mass is 9.97. The second-order valence-electron chi connectivity index (χ2n) is 8.40. The Hall–Kier alpha value is -2.14. The van der Waals surface area contributed by atoms with Crippen molar-refractivity contribution in [2.24, 2.45) is 5.92 Å². The molecule has 28 heavy (non-hydrogen) atoms. The SMILES string of the molecule is CN(CC1CCCN(CCc2ccc(F)cc2)C1)C(=O)c1cccn1C1CC1. The Morgan fingerprint density at radius 2 is 1.96 bits per heavy atom. The molecule has 150 valence electrons. The van der Waals surface area contributed by atoms with Crippen molar-refractivity contribution in [3.05, 3.63) is 59.7 Å². The van der Waals surface area contributed by atoms with Crippen LogP contribution in [0.5, 0.6) is 0 Å². The van der Waals surface area contributed by atoms with Crippen LogP contribution in [0.2, 0.25) is 0 Å². The van der Waals surface area contributed by atoms with E-state index in [2.05, 4.69) is 9.47 Å². The standard InChI is InChI=1S/C23H30FN3O/c1-25(23(28)22-5-3-14-27(22)21-10-11-21)16-19-4-2-13-26(17-19)15-12-18-6-8-20(24)9-7-18/h3,5-9,14,19,21H,2,4,10-13,15-17H2,1H3. The fraction of sp³-hybridized carbons (Fsp3) is 0.522. The van der Waals surface area contributed by atoms with Crippen LogP contribution in [0, 0.1) is 11.7 Å². The van der Waals surface area contributed by atoms with Crippen molar-refractivity contribution in [2.75, 3.05) is 33.2 Å². The van der Waals surface area contributed by atoms with E-state index in [0.29, 0.717) is 12.0 Å². The quantitative estimate of drug-likeness (QED) is 0.723. The highest BCUT2D eigenvalue weighted by Gasteiger charge is 2.29. The van der Waals surface area contributed by atoms with Crippen molar-refractivity contribution < 1.29 is 9.18 Å². The third-order valence-electron chi connectivity index (χ3n) is 6.05. The lowest BCUT2D eigenvalue weighted by Crippen LogP contribution is -2.42. The zero-order valence-corrected chi connectivity index (χ0v) is 16.7. The zero-order valence-electron chi connectivity index (χ0n) is 16.7. The highest BCUT2D eigenvalue weighted by molar-refractivity contribution is 5.92. The number of hydrogen-bond acceptors (Lipinski definition) is 2. The molecule has 2 fully saturated rings. The van der Waals surface area contributed by atoms with Crippen molar-refractivity contribution in [3.8, 4) is 0 Å². The molecule has 0 N–H and O–H groups in total. The van der Waals surface area contributed by atoms with Gasteiger partial charge >= 0.3 is 0 Å². The predicted octanol–water partition coefficient (Wildman–Crippen LogP) is 3.99. The van der Waals surface area contributed by atoms with E-state index < -0.39 is 0 Å². The molecule has 1 aromatic heterocycles. The van der Waals surface area contributed by atoms with Crippen LogP contribution in [0.1, 0.15) is 47.8 Å². The van der Waals surface area contributed by atoms with Crippen LogP contribution in [0.25, 0.3) is 0 Å². The minimum Gasteiger partial charge on any atom is -0.340 e. The van der Waals surface area contributed by atoms with Crippen molar-refractivity contribution in [1.82, 2.24) is 14.4 Å². The molecule has 0 bridgehead atoms. The lowest BCUT2D eigenvalue weighted by Gasteiger charge is -2.34. The zero-order chi connectivity index (χ0) is 19.5. The lowest BCUT2D eigenvalue weighted by molar-refractivity contribution is 0.0720. The summed E-state index contributed by atoms with van der Waals surface area (Å²) in [7, 11) is 1.93. The number of carbonyl (C=O) groups is 1. The molecule has 1 aliphatic carbocycles. The topological polar surface area (TPSA) is 28.5 Å². The summed E-state index contributed by atoms with van der Waals surface area (Å²) in [6, 6.07) is 11.3. The highest BCUT2D eigenvalue weighted by Crippen LogP contribution is 2.36. The summed E-state index contributed by atoms with van der Waals surface area (Å²) in [6.07, 6.45) is 7.70. The number of carbonyl (C=O) groups excluding carboxylic acids is 1. The Morgan fingerprint density at radius 1 is 1.18 bits per heavy atom. The summed E-state index contributed by atoms with van der Waals surface area (Å²) in [5.41, 5.74) is 2.01. The summed E-state index contributed by atoms with van der Waals surface area (Å²) in [4.78, 5) is 17.3. The Morgan fingerprint density at radius 3 is 2.71 bits per heavy atom. The van der Waals surface area contributed by atoms with Crippen LogP contribution in [0.15, 0.2) is 42.6 Å². The number of halogens is 1. The van der Waals surface area contributed by atoms with Gasteiger partial charge in [-0.25, -0.2) is 4.39 Å². The molecule has 2 aliphatic rings. The van der Waals surface area contributed by atoms with Crippen molar-refractivity contribution in [3.63, 3.8) is 0 Å². The second-order valence-corrected chi connectivity index (χ2v) is 8.40. The first-order valence-electron chi connectivity index (χ1n) is 10.5. The molecule has 5 heteroatoms. The number of rotatable bonds is 7. The minimum absolute atomic E-state index is 0.139. The van der Waals surface area contributed by atoms with Crippen LogP contribution < -0.4 is 0 Å². The maximum absolute atomic E-state index is 13.0. The number of aromatic nitrogens is 1. The fourth-order valence-electron chi connectivity index (χ4n) is 4.35. The van der Waals surface area contributed by atoms with Gasteiger partial charge in [0.2, 0.25) is 0 Å². The molecule has 0 radical (unpaired) electrons. The van der Waals surface area contributed by atoms with Crippen LogP contribution in [0.4, 0.5) is 4.39 Å². The van der Waals surface area contributed by atoms with Gasteiger partial charge in [-0.1, -0.05) is 12.1 Å². The van der Waals surface area contributed by atoms with Gasteiger partial charge in [-0.3, -0.25) is 4.79 Å². The Kier molecular flexibility index (Phi) is 5.81. The normalized spacial score (nSPS) is 20.3. The molecule has 1 unspecified atom stereocenters. The molecular formula is C23H30FN3O. The van der Waals surface area contributed by atoms with Gasteiger partial charge in [0.1, 0.15) is 11.5 Å². The molecule has 4 rings (SSSR count). The van der Waals surface area contributed by atoms with Gasteiger partial charge < -0.3 is 14.4 Å². The Bertz CT molecular complexity index is 796. The second kappa shape index (κ2) is 8.48. The van der Waals surface area contributed by atoms with Gasteiger partial charge in [-0.15, -0.1) is 0 Å². The summed E-state index contributed by atoms with van der Waals surface area (Å²) in [5.74, 6) is 0.475. The van der Waals surface area contributed by atoms with Crippen molar-refractivity contribution in [2.45, 2.75) is 38.1 Å². The third-order valence-corrected chi connectivity index (χ3v) is 6.05. The summed E-state index contributed by atoms with van der Waals surface area (Å²) >= 11 is 0. The molecule has 1 aliphatic heterocycles. The Labute approximate surface area is 166 Å². The van der Waals surface area contributed by atoms with E-state index >= 15 is 0 Å². The van der Waals surface area contributed by atoms with E-state index in [-0.39, 0.29) is 11.7 Å². The van der Waals surface area contributed by atoms with Crippen molar-refractivity contribution >= 4 is 5.91 Å². The first-order valence-corrected chi connectivity index (χ1v) is 10.5. The van der Waals surface area contributed by atoms with Gasteiger partial charge in [0, 0.05) is 38.9 Å². The minimum atomic E-state index is -0.178. The molecule has 0 spiro atoms. The average Bonchev–Trinajstić information content (AvgIpc) is 3.43. The first kappa shape index (κ1) is 19.2. The number of piperidine rings is 1. The van der Waals surface area contributed by atoms with E-state index in [0.717, 1.165) is 38.3 Å². The fourth-order valence-corrected chi connectivity index (χ4v) is 4.35. The number of nitrogens with zero attached hydrogens (tertiary/aromatic N) is 3. The number of amides is 1. The average molecular weight is 384 g/mol. The molecule has 4 nitrogen and oxygen atoms in total. The largest absolute Gasteiger partial charge is 0.340 e. The Balaban J connectivity index is 1.28. The molecule has 1 saturated heterocycles. The molecule has 1 saturated carbocycles. The van der Waals surface area contributed by atoms with Gasteiger partial charge in [-0.05, 0) is 74.4 Å². The van der Waals surface area contributed by atoms with Gasteiger partial charge in [0.25, 0.3) is 5.91 Å². The summed E-state index contributed by atoms with van der Waals surface area (Å²) < 4.78 is 15.2. The maximum Gasteiger partial charge on any atom is 0.270 e. The highest BCUT2D eigenvalue weighted by atomic mass is 19.1. The predicted molar refractivity (Wildman–Crippen MR) is 109 cm³/mol. The molecule has 2 aromatic rings. The molecule has 1 atom stereocenters. The van der Waals surface area contributed by atoms with E-state index in [4.69, 9.17) is 0 Å². The summed E-state index contributed by atoms with van der Waals surface area (Å²) in [5, 5.41) is 0. The number of hydrogen-bond donors (Lipinski definition) is 0. The van der Waals surface area contributed by atoms with Crippen LogP contribution >= 0.6 is 0 Å². The monoisotopic (exact) mass is 383 g/mol. The maximum atomic E-state index is 13.0. The van der Waals surface area contributed by atoms with Gasteiger partial charge in [-0.2, -0.15) is 0 Å². The molecule has 1 aromatic carbocycles. The molecule has 2 heterocycles. The van der Waals surface area contributed by atoms with Crippen LogP contribution in [0.3, 0.4) is 0 Å². The third kappa shape index (κ3) is 4.64. The first-order chi connectivity index (χ1) is 13.6. The van der Waals surface area contributed by atoms with Crippen molar-refractivity contribution in [1.29, 1.82) is 0 Å². The van der Waals surface area contributed by atoms with E-state index in [1.165, 1.54) is 43.4 Å². The van der Waals surface area contributed by atoms with E-state index in [1.54, 1.807) is 0 Å². The van der Waals surface area contributed by atoms with Crippen LogP contribution in [-0.4, -0.2) is 53.5 Å². The van der Waals surface area contributed by atoms with E-state index in [1.807, 2.05) is 42.4 Å². The molecular weight excluding hydrogens is 353 g/mol. The number of likely N-dealkylation sites (tertiary alicyclic amines) is 1. The van der Waals surface area contributed by atoms with Gasteiger partial charge in [0.15, 0.2) is 0 Å². The number of benzene rings is 1. The van der Waals surface area contributed by atoms with Gasteiger partial charge in [0.05, 0.1) is 0 Å². The molecule has 1 amide bonds. The van der Waals surface area contributed by atoms with E-state index in [9.17, 15) is 9.18 Å². The smallest absolute Gasteiger partial charge is 0.270 e.